The van der Waals surface area contributed by atoms with Crippen LogP contribution in [0.3, 0.4) is 0 Å². The first-order valence-corrected chi connectivity index (χ1v) is 7.30. The normalized spacial score (nSPS) is 22.2. The molecule has 0 bridgehead atoms. The highest BCUT2D eigenvalue weighted by Gasteiger charge is 2.33. The van der Waals surface area contributed by atoms with Crippen molar-refractivity contribution in [1.29, 1.82) is 0 Å². The van der Waals surface area contributed by atoms with Crippen LogP contribution in [-0.2, 0) is 6.42 Å². The van der Waals surface area contributed by atoms with Crippen LogP contribution < -0.4 is 10.6 Å². The molecule has 1 aliphatic rings. The molecule has 0 radical (unpaired) electrons. The molecule has 2 N–H and O–H groups in total. The van der Waals surface area contributed by atoms with Crippen molar-refractivity contribution < 1.29 is 4.39 Å². The van der Waals surface area contributed by atoms with Gasteiger partial charge in [-0.15, -0.1) is 0 Å². The second-order valence-electron chi connectivity index (χ2n) is 4.96. The van der Waals surface area contributed by atoms with Crippen LogP contribution in [0.15, 0.2) is 27.7 Å². The summed E-state index contributed by atoms with van der Waals surface area (Å²) in [5, 5.41) is 6.64. The summed E-state index contributed by atoms with van der Waals surface area (Å²) in [7, 11) is 1.77. The Morgan fingerprint density at radius 3 is 2.84 bits per heavy atom. The predicted octanol–water partition coefficient (Wildman–Crippen LogP) is 2.70. The van der Waals surface area contributed by atoms with E-state index in [1.807, 2.05) is 6.07 Å². The Morgan fingerprint density at radius 2 is 2.26 bits per heavy atom. The van der Waals surface area contributed by atoms with Crippen LogP contribution in [0.1, 0.15) is 18.9 Å². The zero-order valence-corrected chi connectivity index (χ0v) is 12.8. The summed E-state index contributed by atoms with van der Waals surface area (Å²) in [6.07, 6.45) is 2.05. The topological polar surface area (TPSA) is 36.4 Å². The first kappa shape index (κ1) is 14.3. The van der Waals surface area contributed by atoms with Gasteiger partial charge in [-0.25, -0.2) is 4.39 Å². The average molecular weight is 328 g/mol. The quantitative estimate of drug-likeness (QED) is 0.659. The van der Waals surface area contributed by atoms with Crippen LogP contribution in [0.4, 0.5) is 4.39 Å². The molecule has 2 unspecified atom stereocenters. The van der Waals surface area contributed by atoms with Crippen LogP contribution in [0, 0.1) is 11.7 Å². The molecule has 1 fully saturated rings. The highest BCUT2D eigenvalue weighted by Crippen LogP contribution is 2.28. The van der Waals surface area contributed by atoms with Gasteiger partial charge in [-0.2, -0.15) is 0 Å². The Balaban J connectivity index is 1.77. The van der Waals surface area contributed by atoms with Crippen molar-refractivity contribution in [3.8, 4) is 0 Å². The highest BCUT2D eigenvalue weighted by atomic mass is 79.9. The van der Waals surface area contributed by atoms with Crippen LogP contribution >= 0.6 is 15.9 Å². The molecule has 0 aliphatic heterocycles. The number of rotatable bonds is 4. The van der Waals surface area contributed by atoms with E-state index in [9.17, 15) is 4.39 Å². The van der Waals surface area contributed by atoms with Gasteiger partial charge in [0.15, 0.2) is 5.96 Å². The number of benzene rings is 1. The van der Waals surface area contributed by atoms with E-state index in [1.54, 1.807) is 13.1 Å². The van der Waals surface area contributed by atoms with Gasteiger partial charge in [-0.05, 0) is 52.4 Å². The molecule has 1 saturated carbocycles. The number of hydrogen-bond donors (Lipinski definition) is 2. The van der Waals surface area contributed by atoms with Crippen LogP contribution in [0.25, 0.3) is 0 Å². The van der Waals surface area contributed by atoms with Crippen LogP contribution in [0.2, 0.25) is 0 Å². The van der Waals surface area contributed by atoms with Gasteiger partial charge in [0.25, 0.3) is 0 Å². The Hall–Kier alpha value is -1.10. The van der Waals surface area contributed by atoms with Crippen molar-refractivity contribution >= 4 is 21.9 Å². The van der Waals surface area contributed by atoms with E-state index in [2.05, 4.69) is 38.5 Å². The Bertz CT molecular complexity index is 476. The number of nitrogens with one attached hydrogen (secondary N) is 2. The van der Waals surface area contributed by atoms with Gasteiger partial charge >= 0.3 is 0 Å². The molecule has 19 heavy (non-hydrogen) atoms. The molecule has 0 saturated heterocycles. The van der Waals surface area contributed by atoms with Crippen LogP contribution in [0.5, 0.6) is 0 Å². The van der Waals surface area contributed by atoms with E-state index in [0.29, 0.717) is 10.5 Å². The van der Waals surface area contributed by atoms with Crippen molar-refractivity contribution in [1.82, 2.24) is 10.6 Å². The lowest BCUT2D eigenvalue weighted by atomic mass is 10.1. The monoisotopic (exact) mass is 327 g/mol. The van der Waals surface area contributed by atoms with E-state index >= 15 is 0 Å². The van der Waals surface area contributed by atoms with Crippen molar-refractivity contribution in [2.24, 2.45) is 10.9 Å². The van der Waals surface area contributed by atoms with Crippen molar-refractivity contribution in [3.63, 3.8) is 0 Å². The van der Waals surface area contributed by atoms with Crippen LogP contribution in [-0.4, -0.2) is 25.6 Å². The maximum Gasteiger partial charge on any atom is 0.191 e. The first-order chi connectivity index (χ1) is 9.10. The standard InChI is InChI=1S/C14H19BrFN3/c1-9-7-13(9)19-14(17-2)18-6-5-10-3-4-12(16)11(15)8-10/h3-4,8-9,13H,5-7H2,1-2H3,(H2,17,18,19). The third-order valence-electron chi connectivity index (χ3n) is 3.35. The van der Waals surface area contributed by atoms with Crippen molar-refractivity contribution in [2.45, 2.75) is 25.8 Å². The van der Waals surface area contributed by atoms with Crippen molar-refractivity contribution in [3.05, 3.63) is 34.1 Å². The molecule has 1 aromatic carbocycles. The lowest BCUT2D eigenvalue weighted by molar-refractivity contribution is 0.620. The van der Waals surface area contributed by atoms with Gasteiger partial charge < -0.3 is 10.6 Å². The number of aliphatic imine (C=N–C) groups is 1. The summed E-state index contributed by atoms with van der Waals surface area (Å²) in [6.45, 7) is 3.00. The first-order valence-electron chi connectivity index (χ1n) is 6.51. The lowest BCUT2D eigenvalue weighted by Crippen LogP contribution is -2.39. The molecule has 0 heterocycles. The summed E-state index contributed by atoms with van der Waals surface area (Å²) < 4.78 is 13.6. The number of halogens is 2. The SMILES string of the molecule is CN=C(NCCc1ccc(F)c(Br)c1)NC1CC1C. The smallest absolute Gasteiger partial charge is 0.191 e. The fourth-order valence-corrected chi connectivity index (χ4v) is 2.34. The molecular weight excluding hydrogens is 309 g/mol. The third kappa shape index (κ3) is 4.20. The predicted molar refractivity (Wildman–Crippen MR) is 79.9 cm³/mol. The largest absolute Gasteiger partial charge is 0.356 e. The summed E-state index contributed by atoms with van der Waals surface area (Å²) >= 11 is 3.20. The van der Waals surface area contributed by atoms with E-state index in [0.717, 1.165) is 30.4 Å². The molecule has 2 rings (SSSR count). The van der Waals surface area contributed by atoms with Gasteiger partial charge in [-0.1, -0.05) is 13.0 Å². The van der Waals surface area contributed by atoms with E-state index < -0.39 is 0 Å². The maximum atomic E-state index is 13.1. The number of nitrogens with zero attached hydrogens (tertiary/aromatic N) is 1. The Morgan fingerprint density at radius 1 is 1.53 bits per heavy atom. The molecule has 104 valence electrons. The zero-order chi connectivity index (χ0) is 13.8. The summed E-state index contributed by atoms with van der Waals surface area (Å²) in [5.74, 6) is 1.36. The van der Waals surface area contributed by atoms with E-state index in [1.165, 1.54) is 12.5 Å². The minimum absolute atomic E-state index is 0.225. The van der Waals surface area contributed by atoms with Crippen molar-refractivity contribution in [2.75, 3.05) is 13.6 Å². The summed E-state index contributed by atoms with van der Waals surface area (Å²) in [6, 6.07) is 5.67. The van der Waals surface area contributed by atoms with E-state index in [-0.39, 0.29) is 5.82 Å². The molecule has 1 aliphatic carbocycles. The van der Waals surface area contributed by atoms with Gasteiger partial charge in [0.2, 0.25) is 0 Å². The molecule has 0 aromatic heterocycles. The zero-order valence-electron chi connectivity index (χ0n) is 11.2. The molecule has 0 spiro atoms. The highest BCUT2D eigenvalue weighted by molar-refractivity contribution is 9.10. The Kier molecular flexibility index (Phi) is 4.80. The minimum atomic E-state index is -0.225. The minimum Gasteiger partial charge on any atom is -0.356 e. The maximum absolute atomic E-state index is 13.1. The number of guanidine groups is 1. The average Bonchev–Trinajstić information content (AvgIpc) is 3.08. The second kappa shape index (κ2) is 6.37. The fourth-order valence-electron chi connectivity index (χ4n) is 1.91. The fraction of sp³-hybridized carbons (Fsp3) is 0.500. The number of hydrogen-bond acceptors (Lipinski definition) is 1. The van der Waals surface area contributed by atoms with Gasteiger partial charge in [-0.3, -0.25) is 4.99 Å². The lowest BCUT2D eigenvalue weighted by Gasteiger charge is -2.11. The molecule has 5 heteroatoms. The van der Waals surface area contributed by atoms with Gasteiger partial charge in [0.05, 0.1) is 4.47 Å². The Labute approximate surface area is 121 Å². The molecule has 2 atom stereocenters. The summed E-state index contributed by atoms with van der Waals surface area (Å²) in [5.41, 5.74) is 1.09. The molecule has 3 nitrogen and oxygen atoms in total. The van der Waals surface area contributed by atoms with Gasteiger partial charge in [0.1, 0.15) is 5.82 Å². The van der Waals surface area contributed by atoms with E-state index in [4.69, 9.17) is 0 Å². The molecule has 0 amide bonds. The molecular formula is C14H19BrFN3. The van der Waals surface area contributed by atoms with Gasteiger partial charge in [0, 0.05) is 19.6 Å². The third-order valence-corrected chi connectivity index (χ3v) is 3.95. The second-order valence-corrected chi connectivity index (χ2v) is 5.82. The summed E-state index contributed by atoms with van der Waals surface area (Å²) in [4.78, 5) is 4.19. The molecule has 1 aromatic rings.